The zero-order valence-electron chi connectivity index (χ0n) is 20.0. The quantitative estimate of drug-likeness (QED) is 0.289. The number of aryl methyl sites for hydroxylation is 5. The molecule has 0 atom stereocenters. The molecule has 0 aliphatic heterocycles. The second kappa shape index (κ2) is 9.02. The zero-order chi connectivity index (χ0) is 24.6. The van der Waals surface area contributed by atoms with Crippen LogP contribution in [-0.2, 0) is 0 Å². The first-order valence-electron chi connectivity index (χ1n) is 11.1. The van der Waals surface area contributed by atoms with E-state index in [0.29, 0.717) is 11.5 Å². The number of hydrogen-bond donors (Lipinski definition) is 3. The van der Waals surface area contributed by atoms with Crippen LogP contribution in [0.4, 0.5) is 17.1 Å². The van der Waals surface area contributed by atoms with Gasteiger partial charge in [0.2, 0.25) is 0 Å². The lowest BCUT2D eigenvalue weighted by molar-refractivity contribution is 0.452. The third kappa shape index (κ3) is 4.50. The Morgan fingerprint density at radius 1 is 0.529 bits per heavy atom. The van der Waals surface area contributed by atoms with Gasteiger partial charge in [0, 0.05) is 11.8 Å². The van der Waals surface area contributed by atoms with E-state index in [1.165, 1.54) is 0 Å². The molecule has 5 heteroatoms. The molecular formula is C29H29NO4. The smallest absolute Gasteiger partial charge is 0.131 e. The van der Waals surface area contributed by atoms with Crippen molar-refractivity contribution < 1.29 is 20.1 Å². The molecule has 0 heterocycles. The molecule has 34 heavy (non-hydrogen) atoms. The highest BCUT2D eigenvalue weighted by Crippen LogP contribution is 2.44. The van der Waals surface area contributed by atoms with Crippen molar-refractivity contribution in [1.82, 2.24) is 0 Å². The van der Waals surface area contributed by atoms with Crippen molar-refractivity contribution in [3.63, 3.8) is 0 Å². The predicted octanol–water partition coefficient (Wildman–Crippen LogP) is 7.61. The van der Waals surface area contributed by atoms with Gasteiger partial charge < -0.3 is 25.0 Å². The summed E-state index contributed by atoms with van der Waals surface area (Å²) in [4.78, 5) is 2.15. The van der Waals surface area contributed by atoms with E-state index >= 15 is 0 Å². The molecule has 3 N–H and O–H groups in total. The number of hydrogen-bond acceptors (Lipinski definition) is 5. The summed E-state index contributed by atoms with van der Waals surface area (Å²) in [5.41, 5.74) is 7.35. The molecule has 5 nitrogen and oxygen atoms in total. The van der Waals surface area contributed by atoms with Gasteiger partial charge in [0.05, 0.1) is 11.4 Å². The highest BCUT2D eigenvalue weighted by Gasteiger charge is 2.21. The first kappa shape index (κ1) is 23.1. The third-order valence-electron chi connectivity index (χ3n) is 5.91. The highest BCUT2D eigenvalue weighted by molar-refractivity contribution is 5.84. The lowest BCUT2D eigenvalue weighted by Crippen LogP contribution is -2.15. The molecular weight excluding hydrogens is 426 g/mol. The lowest BCUT2D eigenvalue weighted by Gasteiger charge is -2.31. The summed E-state index contributed by atoms with van der Waals surface area (Å²) >= 11 is 0. The number of rotatable bonds is 5. The van der Waals surface area contributed by atoms with Crippen molar-refractivity contribution in [2.75, 3.05) is 4.90 Å². The average molecular weight is 456 g/mol. The molecule has 0 aliphatic rings. The maximum absolute atomic E-state index is 10.1. The maximum atomic E-state index is 10.1. The van der Waals surface area contributed by atoms with Crippen molar-refractivity contribution in [3.8, 4) is 28.7 Å². The van der Waals surface area contributed by atoms with Gasteiger partial charge in [0.25, 0.3) is 0 Å². The fourth-order valence-electron chi connectivity index (χ4n) is 4.39. The maximum Gasteiger partial charge on any atom is 0.131 e. The van der Waals surface area contributed by atoms with Crippen molar-refractivity contribution >= 4 is 17.1 Å². The van der Waals surface area contributed by atoms with E-state index in [-0.39, 0.29) is 17.2 Å². The van der Waals surface area contributed by atoms with Crippen LogP contribution in [0.3, 0.4) is 0 Å². The summed E-state index contributed by atoms with van der Waals surface area (Å²) in [6.45, 7) is 9.73. The van der Waals surface area contributed by atoms with Gasteiger partial charge in [0.15, 0.2) is 0 Å². The van der Waals surface area contributed by atoms with E-state index in [9.17, 15) is 15.3 Å². The number of ether oxygens (including phenoxy) is 1. The summed E-state index contributed by atoms with van der Waals surface area (Å²) in [7, 11) is 0. The molecule has 0 amide bonds. The summed E-state index contributed by atoms with van der Waals surface area (Å²) in [6.07, 6.45) is 0. The number of aromatic hydroxyl groups is 3. The Bertz CT molecular complexity index is 1260. The van der Waals surface area contributed by atoms with Crippen molar-refractivity contribution in [3.05, 3.63) is 94.5 Å². The summed E-state index contributed by atoms with van der Waals surface area (Å²) in [5.74, 6) is 1.84. The molecule has 0 radical (unpaired) electrons. The Morgan fingerprint density at radius 3 is 1.41 bits per heavy atom. The third-order valence-corrected chi connectivity index (χ3v) is 5.91. The van der Waals surface area contributed by atoms with E-state index in [4.69, 9.17) is 4.74 Å². The zero-order valence-corrected chi connectivity index (χ0v) is 20.0. The summed E-state index contributed by atoms with van der Waals surface area (Å²) < 4.78 is 5.94. The minimum Gasteiger partial charge on any atom is -0.508 e. The second-order valence-electron chi connectivity index (χ2n) is 8.74. The SMILES string of the molecule is Cc1ccc(Oc2ccc(N(c3c(C)cc(O)cc3C)c3c(C)cc(O)cc3C)cc2)cc1O. The molecule has 0 spiro atoms. The highest BCUT2D eigenvalue weighted by atomic mass is 16.5. The molecule has 4 aromatic rings. The van der Waals surface area contributed by atoms with Crippen molar-refractivity contribution in [2.24, 2.45) is 0 Å². The molecule has 0 aliphatic carbocycles. The van der Waals surface area contributed by atoms with Crippen molar-refractivity contribution in [2.45, 2.75) is 34.6 Å². The van der Waals surface area contributed by atoms with Crippen LogP contribution in [0.1, 0.15) is 27.8 Å². The molecule has 0 aromatic heterocycles. The lowest BCUT2D eigenvalue weighted by atomic mass is 10.0. The molecule has 0 saturated heterocycles. The van der Waals surface area contributed by atoms with Gasteiger partial charge in [-0.3, -0.25) is 0 Å². The average Bonchev–Trinajstić information content (AvgIpc) is 2.74. The van der Waals surface area contributed by atoms with Gasteiger partial charge >= 0.3 is 0 Å². The van der Waals surface area contributed by atoms with Crippen LogP contribution in [-0.4, -0.2) is 15.3 Å². The summed E-state index contributed by atoms with van der Waals surface area (Å²) in [6, 6.07) is 20.0. The van der Waals surface area contributed by atoms with E-state index in [2.05, 4.69) is 4.90 Å². The topological polar surface area (TPSA) is 73.2 Å². The standard InChI is InChI=1S/C29H29NO4/c1-17-6-9-26(16-27(17)33)34-25-10-7-22(8-11-25)30(28-18(2)12-23(31)13-19(28)3)29-20(4)14-24(32)15-21(29)5/h6-16,31-33H,1-5H3. The Balaban J connectivity index is 1.81. The largest absolute Gasteiger partial charge is 0.508 e. The molecule has 0 saturated carbocycles. The fraction of sp³-hybridized carbons (Fsp3) is 0.172. The van der Waals surface area contributed by atoms with Crippen LogP contribution < -0.4 is 9.64 Å². The number of nitrogens with zero attached hydrogens (tertiary/aromatic N) is 1. The van der Waals surface area contributed by atoms with Crippen LogP contribution in [0.25, 0.3) is 0 Å². The Hall–Kier alpha value is -4.12. The van der Waals surface area contributed by atoms with Gasteiger partial charge in [-0.15, -0.1) is 0 Å². The van der Waals surface area contributed by atoms with Crippen LogP contribution >= 0.6 is 0 Å². The van der Waals surface area contributed by atoms with E-state index in [1.54, 1.807) is 30.3 Å². The van der Waals surface area contributed by atoms with Gasteiger partial charge in [-0.2, -0.15) is 0 Å². The Morgan fingerprint density at radius 2 is 0.971 bits per heavy atom. The minimum absolute atomic E-state index is 0.192. The first-order valence-corrected chi connectivity index (χ1v) is 11.1. The van der Waals surface area contributed by atoms with E-state index < -0.39 is 0 Å². The Labute approximate surface area is 200 Å². The van der Waals surface area contributed by atoms with Crippen molar-refractivity contribution in [1.29, 1.82) is 0 Å². The van der Waals surface area contributed by atoms with E-state index in [0.717, 1.165) is 44.9 Å². The van der Waals surface area contributed by atoms with Crippen LogP contribution in [0.2, 0.25) is 0 Å². The predicted molar refractivity (Wildman–Crippen MR) is 136 cm³/mol. The van der Waals surface area contributed by atoms with Crippen LogP contribution in [0.15, 0.2) is 66.7 Å². The van der Waals surface area contributed by atoms with Crippen LogP contribution in [0, 0.1) is 34.6 Å². The molecule has 4 rings (SSSR count). The number of phenols is 3. The molecule has 0 unspecified atom stereocenters. The molecule has 0 fully saturated rings. The van der Waals surface area contributed by atoms with Gasteiger partial charge in [-0.25, -0.2) is 0 Å². The normalized spacial score (nSPS) is 10.9. The number of benzene rings is 4. The molecule has 174 valence electrons. The monoisotopic (exact) mass is 455 g/mol. The molecule has 0 bridgehead atoms. The second-order valence-corrected chi connectivity index (χ2v) is 8.74. The van der Waals surface area contributed by atoms with Crippen LogP contribution in [0.5, 0.6) is 28.7 Å². The first-order chi connectivity index (χ1) is 16.1. The Kier molecular flexibility index (Phi) is 6.12. The van der Waals surface area contributed by atoms with Gasteiger partial charge in [0.1, 0.15) is 28.7 Å². The fourth-order valence-corrected chi connectivity index (χ4v) is 4.39. The van der Waals surface area contributed by atoms with E-state index in [1.807, 2.05) is 71.0 Å². The number of anilines is 3. The number of phenolic OH excluding ortho intramolecular Hbond substituents is 3. The minimum atomic E-state index is 0.192. The molecule has 4 aromatic carbocycles. The van der Waals surface area contributed by atoms with Gasteiger partial charge in [-0.05, 0) is 117 Å². The summed E-state index contributed by atoms with van der Waals surface area (Å²) in [5, 5.41) is 30.2. The van der Waals surface area contributed by atoms with Gasteiger partial charge in [-0.1, -0.05) is 6.07 Å².